The summed E-state index contributed by atoms with van der Waals surface area (Å²) in [6.07, 6.45) is 5.45. The molecular formula is C15H28N2O2. The molecule has 0 aromatic carbocycles. The predicted molar refractivity (Wildman–Crippen MR) is 76.3 cm³/mol. The van der Waals surface area contributed by atoms with Crippen LogP contribution in [0.1, 0.15) is 52.9 Å². The van der Waals surface area contributed by atoms with E-state index in [2.05, 4.69) is 24.1 Å². The standard InChI is InChI=1S/C15H28N2O2/c1-14(2)7-4-9-17(11-14)10-8-15(3,13(18)19)16-12-5-6-12/h12,16H,4-11H2,1-3H3,(H,18,19). The molecule has 0 aromatic rings. The Bertz CT molecular complexity index is 339. The van der Waals surface area contributed by atoms with E-state index < -0.39 is 11.5 Å². The van der Waals surface area contributed by atoms with Crippen LogP contribution in [0.2, 0.25) is 0 Å². The molecule has 1 aliphatic heterocycles. The van der Waals surface area contributed by atoms with Crippen LogP contribution in [0.4, 0.5) is 0 Å². The summed E-state index contributed by atoms with van der Waals surface area (Å²) in [6.45, 7) is 9.53. The Balaban J connectivity index is 1.86. The zero-order valence-electron chi connectivity index (χ0n) is 12.5. The lowest BCUT2D eigenvalue weighted by Crippen LogP contribution is -2.53. The number of nitrogens with zero attached hydrogens (tertiary/aromatic N) is 1. The van der Waals surface area contributed by atoms with Crippen molar-refractivity contribution in [2.24, 2.45) is 5.41 Å². The summed E-state index contributed by atoms with van der Waals surface area (Å²) in [6, 6.07) is 0.430. The van der Waals surface area contributed by atoms with Crippen LogP contribution in [0.3, 0.4) is 0 Å². The van der Waals surface area contributed by atoms with Gasteiger partial charge in [-0.1, -0.05) is 13.8 Å². The van der Waals surface area contributed by atoms with Crippen molar-refractivity contribution in [2.75, 3.05) is 19.6 Å². The van der Waals surface area contributed by atoms with E-state index >= 15 is 0 Å². The van der Waals surface area contributed by atoms with E-state index in [1.165, 1.54) is 12.8 Å². The van der Waals surface area contributed by atoms with Gasteiger partial charge in [-0.2, -0.15) is 0 Å². The summed E-state index contributed by atoms with van der Waals surface area (Å²) in [5, 5.41) is 12.8. The van der Waals surface area contributed by atoms with Gasteiger partial charge in [0, 0.05) is 19.1 Å². The Morgan fingerprint density at radius 2 is 2.16 bits per heavy atom. The summed E-state index contributed by atoms with van der Waals surface area (Å²) in [5.74, 6) is -0.712. The highest BCUT2D eigenvalue weighted by Gasteiger charge is 2.39. The van der Waals surface area contributed by atoms with Gasteiger partial charge in [0.05, 0.1) is 0 Å². The van der Waals surface area contributed by atoms with Crippen LogP contribution >= 0.6 is 0 Å². The first-order valence-electron chi connectivity index (χ1n) is 7.54. The van der Waals surface area contributed by atoms with Gasteiger partial charge in [-0.15, -0.1) is 0 Å². The maximum absolute atomic E-state index is 11.5. The minimum absolute atomic E-state index is 0.377. The van der Waals surface area contributed by atoms with Gasteiger partial charge in [-0.05, 0) is 51.0 Å². The van der Waals surface area contributed by atoms with E-state index in [4.69, 9.17) is 0 Å². The van der Waals surface area contributed by atoms with E-state index in [1.807, 2.05) is 6.92 Å². The van der Waals surface area contributed by atoms with Crippen LogP contribution in [-0.4, -0.2) is 47.2 Å². The second-order valence-electron chi connectivity index (χ2n) is 7.35. The van der Waals surface area contributed by atoms with Crippen molar-refractivity contribution in [3.63, 3.8) is 0 Å². The molecule has 2 fully saturated rings. The SMILES string of the molecule is CC1(C)CCCN(CCC(C)(NC2CC2)C(=O)O)C1. The van der Waals surface area contributed by atoms with Gasteiger partial charge >= 0.3 is 5.97 Å². The molecule has 1 saturated carbocycles. The highest BCUT2D eigenvalue weighted by molar-refractivity contribution is 5.78. The first-order valence-corrected chi connectivity index (χ1v) is 7.54. The maximum atomic E-state index is 11.5. The third-order valence-corrected chi connectivity index (χ3v) is 4.48. The van der Waals surface area contributed by atoms with Gasteiger partial charge < -0.3 is 10.0 Å². The maximum Gasteiger partial charge on any atom is 0.323 e. The van der Waals surface area contributed by atoms with Crippen LogP contribution in [0.5, 0.6) is 0 Å². The molecule has 4 heteroatoms. The molecule has 1 unspecified atom stereocenters. The summed E-state index contributed by atoms with van der Waals surface area (Å²) in [7, 11) is 0. The van der Waals surface area contributed by atoms with Crippen molar-refractivity contribution in [3.8, 4) is 0 Å². The van der Waals surface area contributed by atoms with Crippen molar-refractivity contribution >= 4 is 5.97 Å². The molecule has 19 heavy (non-hydrogen) atoms. The van der Waals surface area contributed by atoms with Gasteiger partial charge in [0.25, 0.3) is 0 Å². The minimum atomic E-state index is -0.761. The number of hydrogen-bond acceptors (Lipinski definition) is 3. The summed E-state index contributed by atoms with van der Waals surface area (Å²) >= 11 is 0. The third kappa shape index (κ3) is 4.18. The molecule has 1 aliphatic carbocycles. The quantitative estimate of drug-likeness (QED) is 0.774. The van der Waals surface area contributed by atoms with Crippen molar-refractivity contribution in [3.05, 3.63) is 0 Å². The lowest BCUT2D eigenvalue weighted by atomic mass is 9.84. The molecule has 0 bridgehead atoms. The molecule has 1 atom stereocenters. The lowest BCUT2D eigenvalue weighted by Gasteiger charge is -2.39. The number of carboxylic acid groups (broad SMARTS) is 1. The zero-order valence-corrected chi connectivity index (χ0v) is 12.5. The van der Waals surface area contributed by atoms with E-state index in [0.29, 0.717) is 17.9 Å². The molecule has 110 valence electrons. The average Bonchev–Trinajstić information content (AvgIpc) is 3.09. The van der Waals surface area contributed by atoms with E-state index in [9.17, 15) is 9.90 Å². The summed E-state index contributed by atoms with van der Waals surface area (Å²) in [4.78, 5) is 13.9. The number of carbonyl (C=O) groups is 1. The lowest BCUT2D eigenvalue weighted by molar-refractivity contribution is -0.144. The van der Waals surface area contributed by atoms with Crippen molar-refractivity contribution < 1.29 is 9.90 Å². The number of likely N-dealkylation sites (tertiary alicyclic amines) is 1. The largest absolute Gasteiger partial charge is 0.480 e. The monoisotopic (exact) mass is 268 g/mol. The Morgan fingerprint density at radius 3 is 2.68 bits per heavy atom. The fourth-order valence-corrected chi connectivity index (χ4v) is 3.04. The number of rotatable bonds is 6. The summed E-state index contributed by atoms with van der Waals surface area (Å²) in [5.41, 5.74) is -0.384. The molecule has 2 aliphatic rings. The molecule has 1 heterocycles. The minimum Gasteiger partial charge on any atom is -0.480 e. The van der Waals surface area contributed by atoms with Crippen molar-refractivity contribution in [1.29, 1.82) is 0 Å². The van der Waals surface area contributed by atoms with Crippen LogP contribution < -0.4 is 5.32 Å². The third-order valence-electron chi connectivity index (χ3n) is 4.48. The van der Waals surface area contributed by atoms with Gasteiger partial charge in [0.1, 0.15) is 5.54 Å². The topological polar surface area (TPSA) is 52.6 Å². The van der Waals surface area contributed by atoms with Gasteiger partial charge in [0.15, 0.2) is 0 Å². The fraction of sp³-hybridized carbons (Fsp3) is 0.933. The van der Waals surface area contributed by atoms with Crippen LogP contribution in [-0.2, 0) is 4.79 Å². The predicted octanol–water partition coefficient (Wildman–Crippen LogP) is 2.09. The Labute approximate surface area is 116 Å². The van der Waals surface area contributed by atoms with E-state index in [1.54, 1.807) is 0 Å². The number of piperidine rings is 1. The Morgan fingerprint density at radius 1 is 1.47 bits per heavy atom. The van der Waals surface area contributed by atoms with E-state index in [-0.39, 0.29) is 0 Å². The number of nitrogens with one attached hydrogen (secondary N) is 1. The highest BCUT2D eigenvalue weighted by atomic mass is 16.4. The molecule has 0 radical (unpaired) electrons. The molecule has 0 aromatic heterocycles. The van der Waals surface area contributed by atoms with Gasteiger partial charge in [-0.25, -0.2) is 0 Å². The smallest absolute Gasteiger partial charge is 0.323 e. The van der Waals surface area contributed by atoms with Crippen LogP contribution in [0.15, 0.2) is 0 Å². The van der Waals surface area contributed by atoms with Crippen molar-refractivity contribution in [2.45, 2.75) is 64.5 Å². The number of carboxylic acids is 1. The molecule has 0 amide bonds. The molecular weight excluding hydrogens is 240 g/mol. The molecule has 4 nitrogen and oxygen atoms in total. The van der Waals surface area contributed by atoms with Gasteiger partial charge in [-0.3, -0.25) is 10.1 Å². The number of hydrogen-bond donors (Lipinski definition) is 2. The first-order chi connectivity index (χ1) is 8.81. The normalized spacial score (nSPS) is 26.9. The van der Waals surface area contributed by atoms with Crippen molar-refractivity contribution in [1.82, 2.24) is 10.2 Å². The molecule has 0 spiro atoms. The second kappa shape index (κ2) is 5.41. The molecule has 2 rings (SSSR count). The van der Waals surface area contributed by atoms with E-state index in [0.717, 1.165) is 32.5 Å². The van der Waals surface area contributed by atoms with Crippen LogP contribution in [0.25, 0.3) is 0 Å². The Hall–Kier alpha value is -0.610. The highest BCUT2D eigenvalue weighted by Crippen LogP contribution is 2.29. The second-order valence-corrected chi connectivity index (χ2v) is 7.35. The average molecular weight is 268 g/mol. The first kappa shape index (κ1) is 14.8. The fourth-order valence-electron chi connectivity index (χ4n) is 3.04. The van der Waals surface area contributed by atoms with Crippen LogP contribution in [0, 0.1) is 5.41 Å². The molecule has 2 N–H and O–H groups in total. The van der Waals surface area contributed by atoms with Gasteiger partial charge in [0.2, 0.25) is 0 Å². The molecule has 1 saturated heterocycles. The Kier molecular flexibility index (Phi) is 4.21. The summed E-state index contributed by atoms with van der Waals surface area (Å²) < 4.78 is 0. The number of aliphatic carboxylic acids is 1. The zero-order chi connectivity index (χ0) is 14.1.